The van der Waals surface area contributed by atoms with E-state index in [1.165, 1.54) is 0 Å². The van der Waals surface area contributed by atoms with Gasteiger partial charge in [0.25, 0.3) is 0 Å². The standard InChI is InChI=1S/C16H20N2O3/c1-10(9-21-2)8-18-14-12(16(19)20)4-3-5-13(14)17-15(18)11-6-7-11/h3-5,10-11H,6-9H2,1-2H3,(H,19,20). The third kappa shape index (κ3) is 2.65. The number of methoxy groups -OCH3 is 1. The summed E-state index contributed by atoms with van der Waals surface area (Å²) in [5.41, 5.74) is 1.85. The minimum atomic E-state index is -0.900. The lowest BCUT2D eigenvalue weighted by Crippen LogP contribution is -2.15. The zero-order valence-electron chi connectivity index (χ0n) is 12.4. The summed E-state index contributed by atoms with van der Waals surface area (Å²) in [5.74, 6) is 0.922. The van der Waals surface area contributed by atoms with Crippen LogP contribution in [0.25, 0.3) is 11.0 Å². The predicted octanol–water partition coefficient (Wildman–Crippen LogP) is 2.89. The number of fused-ring (bicyclic) bond motifs is 1. The number of hydrogen-bond acceptors (Lipinski definition) is 3. The number of imidazole rings is 1. The number of hydrogen-bond donors (Lipinski definition) is 1. The molecule has 0 saturated heterocycles. The molecule has 1 aromatic heterocycles. The largest absolute Gasteiger partial charge is 0.478 e. The van der Waals surface area contributed by atoms with Crippen molar-refractivity contribution in [3.63, 3.8) is 0 Å². The van der Waals surface area contributed by atoms with Crippen LogP contribution in [0.1, 0.15) is 41.9 Å². The smallest absolute Gasteiger partial charge is 0.337 e. The topological polar surface area (TPSA) is 64.4 Å². The summed E-state index contributed by atoms with van der Waals surface area (Å²) in [6, 6.07) is 5.31. The molecule has 1 aromatic carbocycles. The summed E-state index contributed by atoms with van der Waals surface area (Å²) < 4.78 is 7.31. The van der Waals surface area contributed by atoms with Crippen molar-refractivity contribution in [1.29, 1.82) is 0 Å². The van der Waals surface area contributed by atoms with E-state index in [9.17, 15) is 9.90 Å². The molecule has 21 heavy (non-hydrogen) atoms. The first-order valence-corrected chi connectivity index (χ1v) is 7.33. The van der Waals surface area contributed by atoms with Gasteiger partial charge in [-0.3, -0.25) is 0 Å². The molecule has 0 amide bonds. The Morgan fingerprint density at radius 3 is 2.90 bits per heavy atom. The van der Waals surface area contributed by atoms with Crippen molar-refractivity contribution < 1.29 is 14.6 Å². The zero-order chi connectivity index (χ0) is 15.0. The normalized spacial score (nSPS) is 16.3. The monoisotopic (exact) mass is 288 g/mol. The second-order valence-corrected chi connectivity index (χ2v) is 5.89. The SMILES string of the molecule is COCC(C)Cn1c(C2CC2)nc2cccc(C(=O)O)c21. The molecule has 1 fully saturated rings. The number of carbonyl (C=O) groups is 1. The highest BCUT2D eigenvalue weighted by atomic mass is 16.5. The maximum Gasteiger partial charge on any atom is 0.337 e. The van der Waals surface area contributed by atoms with Crippen molar-refractivity contribution in [2.45, 2.75) is 32.2 Å². The van der Waals surface area contributed by atoms with E-state index < -0.39 is 5.97 Å². The number of aromatic nitrogens is 2. The highest BCUT2D eigenvalue weighted by Crippen LogP contribution is 2.41. The van der Waals surface area contributed by atoms with Crippen molar-refractivity contribution in [1.82, 2.24) is 9.55 Å². The van der Waals surface area contributed by atoms with Crippen LogP contribution in [0.4, 0.5) is 0 Å². The summed E-state index contributed by atoms with van der Waals surface area (Å²) >= 11 is 0. The van der Waals surface area contributed by atoms with Gasteiger partial charge in [-0.15, -0.1) is 0 Å². The number of aromatic carboxylic acids is 1. The second-order valence-electron chi connectivity index (χ2n) is 5.89. The van der Waals surface area contributed by atoms with Crippen molar-refractivity contribution >= 4 is 17.0 Å². The lowest BCUT2D eigenvalue weighted by molar-refractivity contribution is 0.0698. The molecule has 1 saturated carbocycles. The van der Waals surface area contributed by atoms with Gasteiger partial charge in [-0.05, 0) is 30.9 Å². The molecule has 3 rings (SSSR count). The molecule has 5 nitrogen and oxygen atoms in total. The summed E-state index contributed by atoms with van der Waals surface area (Å²) in [6.07, 6.45) is 2.29. The predicted molar refractivity (Wildman–Crippen MR) is 79.7 cm³/mol. The van der Waals surface area contributed by atoms with E-state index in [1.54, 1.807) is 19.2 Å². The van der Waals surface area contributed by atoms with Gasteiger partial charge in [0, 0.05) is 19.6 Å². The van der Waals surface area contributed by atoms with Crippen molar-refractivity contribution in [3.05, 3.63) is 29.6 Å². The highest BCUT2D eigenvalue weighted by Gasteiger charge is 2.31. The van der Waals surface area contributed by atoms with Crippen LogP contribution in [0.2, 0.25) is 0 Å². The average molecular weight is 288 g/mol. The number of ether oxygens (including phenoxy) is 1. The van der Waals surface area contributed by atoms with Crippen LogP contribution >= 0.6 is 0 Å². The molecule has 2 aromatic rings. The van der Waals surface area contributed by atoms with Crippen LogP contribution in [0.15, 0.2) is 18.2 Å². The molecule has 112 valence electrons. The molecular formula is C16H20N2O3. The molecule has 1 atom stereocenters. The molecule has 0 aliphatic heterocycles. The summed E-state index contributed by atoms with van der Waals surface area (Å²) in [7, 11) is 1.69. The van der Waals surface area contributed by atoms with Gasteiger partial charge in [-0.2, -0.15) is 0 Å². The van der Waals surface area contributed by atoms with Crippen LogP contribution in [-0.2, 0) is 11.3 Å². The Kier molecular flexibility index (Phi) is 3.68. The molecule has 1 heterocycles. The molecule has 1 N–H and O–H groups in total. The molecule has 0 bridgehead atoms. The number of carboxylic acid groups (broad SMARTS) is 1. The minimum Gasteiger partial charge on any atom is -0.478 e. The Bertz CT molecular complexity index is 673. The van der Waals surface area contributed by atoms with Gasteiger partial charge in [-0.1, -0.05) is 13.0 Å². The van der Waals surface area contributed by atoms with Crippen molar-refractivity contribution in [2.24, 2.45) is 5.92 Å². The number of rotatable bonds is 6. The molecule has 0 radical (unpaired) electrons. The third-order valence-corrected chi connectivity index (χ3v) is 3.91. The second kappa shape index (κ2) is 5.48. The molecule has 1 unspecified atom stereocenters. The highest BCUT2D eigenvalue weighted by molar-refractivity contribution is 6.01. The van der Waals surface area contributed by atoms with Gasteiger partial charge in [0.05, 0.1) is 23.2 Å². The van der Waals surface area contributed by atoms with E-state index >= 15 is 0 Å². The van der Waals surface area contributed by atoms with Gasteiger partial charge in [0.1, 0.15) is 5.82 Å². The lowest BCUT2D eigenvalue weighted by atomic mass is 10.1. The Morgan fingerprint density at radius 2 is 2.29 bits per heavy atom. The zero-order valence-corrected chi connectivity index (χ0v) is 12.4. The van der Waals surface area contributed by atoms with E-state index in [4.69, 9.17) is 4.74 Å². The first-order chi connectivity index (χ1) is 10.1. The first-order valence-electron chi connectivity index (χ1n) is 7.33. The maximum atomic E-state index is 11.5. The van der Waals surface area contributed by atoms with E-state index in [-0.39, 0.29) is 0 Å². The van der Waals surface area contributed by atoms with Gasteiger partial charge >= 0.3 is 5.97 Å². The molecule has 1 aliphatic carbocycles. The molecule has 0 spiro atoms. The quantitative estimate of drug-likeness (QED) is 0.887. The fourth-order valence-electron chi connectivity index (χ4n) is 2.86. The Labute approximate surface area is 123 Å². The fraction of sp³-hybridized carbons (Fsp3) is 0.500. The Hall–Kier alpha value is -1.88. The van der Waals surface area contributed by atoms with Crippen LogP contribution < -0.4 is 0 Å². The van der Waals surface area contributed by atoms with E-state index in [0.717, 1.165) is 36.2 Å². The van der Waals surface area contributed by atoms with E-state index in [2.05, 4.69) is 16.5 Å². The number of para-hydroxylation sites is 1. The Balaban J connectivity index is 2.12. The van der Waals surface area contributed by atoms with Gasteiger partial charge in [0.2, 0.25) is 0 Å². The third-order valence-electron chi connectivity index (χ3n) is 3.91. The van der Waals surface area contributed by atoms with Crippen LogP contribution in [0.3, 0.4) is 0 Å². The summed E-state index contributed by atoms with van der Waals surface area (Å²) in [6.45, 7) is 3.49. The van der Waals surface area contributed by atoms with Crippen LogP contribution in [0.5, 0.6) is 0 Å². The summed E-state index contributed by atoms with van der Waals surface area (Å²) in [4.78, 5) is 16.2. The summed E-state index contributed by atoms with van der Waals surface area (Å²) in [5, 5.41) is 9.44. The number of benzene rings is 1. The fourth-order valence-corrected chi connectivity index (χ4v) is 2.86. The Morgan fingerprint density at radius 1 is 1.52 bits per heavy atom. The molecular weight excluding hydrogens is 268 g/mol. The van der Waals surface area contributed by atoms with Crippen molar-refractivity contribution in [2.75, 3.05) is 13.7 Å². The van der Waals surface area contributed by atoms with Gasteiger partial charge in [-0.25, -0.2) is 9.78 Å². The van der Waals surface area contributed by atoms with E-state index in [0.29, 0.717) is 24.0 Å². The average Bonchev–Trinajstić information content (AvgIpc) is 3.22. The van der Waals surface area contributed by atoms with E-state index in [1.807, 2.05) is 6.07 Å². The number of nitrogens with zero attached hydrogens (tertiary/aromatic N) is 2. The molecule has 5 heteroatoms. The van der Waals surface area contributed by atoms with Gasteiger partial charge < -0.3 is 14.4 Å². The van der Waals surface area contributed by atoms with Crippen molar-refractivity contribution in [3.8, 4) is 0 Å². The first kappa shape index (κ1) is 14.1. The van der Waals surface area contributed by atoms with Gasteiger partial charge in [0.15, 0.2) is 0 Å². The van der Waals surface area contributed by atoms with Crippen LogP contribution in [0, 0.1) is 5.92 Å². The van der Waals surface area contributed by atoms with Crippen LogP contribution in [-0.4, -0.2) is 34.3 Å². The molecule has 1 aliphatic rings. The number of carboxylic acids is 1. The lowest BCUT2D eigenvalue weighted by Gasteiger charge is -2.15. The maximum absolute atomic E-state index is 11.5. The minimum absolute atomic E-state index is 0.312.